The van der Waals surface area contributed by atoms with Crippen LogP contribution in [0.4, 0.5) is 0 Å². The topological polar surface area (TPSA) is 62.7 Å². The summed E-state index contributed by atoms with van der Waals surface area (Å²) in [4.78, 5) is 6.85. The smallest absolute Gasteiger partial charge is 0.279 e. The van der Waals surface area contributed by atoms with Crippen molar-refractivity contribution in [2.75, 3.05) is 19.3 Å². The molecule has 2 aliphatic rings. The van der Waals surface area contributed by atoms with Gasteiger partial charge in [-0.1, -0.05) is 35.1 Å². The molecule has 29 heavy (non-hydrogen) atoms. The molecule has 0 saturated carbocycles. The van der Waals surface area contributed by atoms with Gasteiger partial charge >= 0.3 is 0 Å². The Labute approximate surface area is 178 Å². The number of ether oxygens (including phenoxy) is 1. The Bertz CT molecular complexity index is 1160. The summed E-state index contributed by atoms with van der Waals surface area (Å²) < 4.78 is 32.3. The van der Waals surface area contributed by atoms with Crippen molar-refractivity contribution in [1.29, 1.82) is 0 Å². The molecule has 2 bridgehead atoms. The standard InChI is InChI=1S/C20H20ClN3O3S2/c1-29(25,26)24-12-15-9-16(24)11-23(15)10-13-2-5-17(6-3-13)27-20-22-18-8-14(21)4-7-19(18)28-20/h2-8,15-16H,9-12H2,1H3/t15-,16-/m1/s1. The Morgan fingerprint density at radius 2 is 1.97 bits per heavy atom. The zero-order chi connectivity index (χ0) is 20.2. The van der Waals surface area contributed by atoms with E-state index in [1.165, 1.54) is 23.2 Å². The average Bonchev–Trinajstić information content (AvgIpc) is 3.36. The van der Waals surface area contributed by atoms with E-state index in [0.717, 1.165) is 35.5 Å². The number of piperazine rings is 1. The van der Waals surface area contributed by atoms with Crippen molar-refractivity contribution in [2.45, 2.75) is 25.0 Å². The number of hydrogen-bond donors (Lipinski definition) is 0. The molecule has 2 fully saturated rings. The van der Waals surface area contributed by atoms with Crippen LogP contribution < -0.4 is 4.74 Å². The van der Waals surface area contributed by atoms with Gasteiger partial charge in [-0.3, -0.25) is 4.90 Å². The quantitative estimate of drug-likeness (QED) is 0.590. The van der Waals surface area contributed by atoms with E-state index < -0.39 is 10.0 Å². The molecule has 2 saturated heterocycles. The van der Waals surface area contributed by atoms with Gasteiger partial charge in [-0.25, -0.2) is 13.4 Å². The first-order valence-electron chi connectivity index (χ1n) is 9.39. The molecule has 3 heterocycles. The lowest BCUT2D eigenvalue weighted by atomic mass is 10.2. The number of sulfonamides is 1. The molecule has 0 spiro atoms. The molecule has 6 nitrogen and oxygen atoms in total. The monoisotopic (exact) mass is 449 g/mol. The van der Waals surface area contributed by atoms with Gasteiger partial charge in [0.1, 0.15) is 5.75 Å². The number of rotatable bonds is 5. The maximum atomic E-state index is 11.8. The van der Waals surface area contributed by atoms with E-state index in [9.17, 15) is 8.42 Å². The zero-order valence-electron chi connectivity index (χ0n) is 15.8. The summed E-state index contributed by atoms with van der Waals surface area (Å²) in [5.41, 5.74) is 2.02. The van der Waals surface area contributed by atoms with Crippen molar-refractivity contribution in [3.8, 4) is 10.9 Å². The third-order valence-corrected chi connectivity index (χ3v) is 8.02. The molecule has 0 unspecified atom stereocenters. The Morgan fingerprint density at radius 3 is 2.66 bits per heavy atom. The summed E-state index contributed by atoms with van der Waals surface area (Å²) in [7, 11) is -3.10. The molecule has 1 aromatic heterocycles. The van der Waals surface area contributed by atoms with E-state index >= 15 is 0 Å². The number of halogens is 1. The SMILES string of the molecule is CS(=O)(=O)N1C[C@H]2C[C@@H]1CN2Cc1ccc(Oc2nc3cc(Cl)ccc3s2)cc1. The second kappa shape index (κ2) is 7.21. The van der Waals surface area contributed by atoms with Crippen molar-refractivity contribution in [1.82, 2.24) is 14.2 Å². The molecule has 2 atom stereocenters. The van der Waals surface area contributed by atoms with Crippen LogP contribution in [0.15, 0.2) is 42.5 Å². The van der Waals surface area contributed by atoms with Gasteiger partial charge in [0.05, 0.1) is 16.5 Å². The van der Waals surface area contributed by atoms with Gasteiger partial charge in [-0.05, 0) is 42.3 Å². The Balaban J connectivity index is 1.23. The fourth-order valence-electron chi connectivity index (χ4n) is 4.23. The minimum Gasteiger partial charge on any atom is -0.431 e. The van der Waals surface area contributed by atoms with Crippen LogP contribution in [0.5, 0.6) is 10.9 Å². The molecule has 0 amide bonds. The van der Waals surface area contributed by atoms with E-state index in [1.54, 1.807) is 4.31 Å². The largest absolute Gasteiger partial charge is 0.431 e. The normalized spacial score (nSPS) is 22.6. The third-order valence-electron chi connectivity index (χ3n) is 5.57. The maximum absolute atomic E-state index is 11.8. The number of aromatic nitrogens is 1. The number of hydrogen-bond acceptors (Lipinski definition) is 6. The van der Waals surface area contributed by atoms with Crippen molar-refractivity contribution in [2.24, 2.45) is 0 Å². The number of benzene rings is 2. The van der Waals surface area contributed by atoms with E-state index in [1.807, 2.05) is 30.3 Å². The summed E-state index contributed by atoms with van der Waals surface area (Å²) in [5.74, 6) is 0.741. The Kier molecular flexibility index (Phi) is 4.79. The van der Waals surface area contributed by atoms with Crippen molar-refractivity contribution < 1.29 is 13.2 Å². The maximum Gasteiger partial charge on any atom is 0.279 e. The molecule has 2 aromatic carbocycles. The predicted octanol–water partition coefficient (Wildman–Crippen LogP) is 3.96. The molecule has 5 rings (SSSR count). The Morgan fingerprint density at radius 1 is 1.17 bits per heavy atom. The molecular formula is C20H20ClN3O3S2. The van der Waals surface area contributed by atoms with Crippen LogP contribution in [0.1, 0.15) is 12.0 Å². The van der Waals surface area contributed by atoms with E-state index in [2.05, 4.69) is 22.0 Å². The van der Waals surface area contributed by atoms with Crippen LogP contribution in [0.2, 0.25) is 5.02 Å². The first kappa shape index (κ1) is 19.3. The predicted molar refractivity (Wildman–Crippen MR) is 115 cm³/mol. The lowest BCUT2D eigenvalue weighted by Gasteiger charge is -2.32. The average molecular weight is 450 g/mol. The van der Waals surface area contributed by atoms with Gasteiger partial charge in [-0.15, -0.1) is 0 Å². The highest BCUT2D eigenvalue weighted by Crippen LogP contribution is 2.35. The minimum absolute atomic E-state index is 0.116. The fraction of sp³-hybridized carbons (Fsp3) is 0.350. The second-order valence-corrected chi connectivity index (χ2v) is 11.0. The molecule has 0 N–H and O–H groups in total. The van der Waals surface area contributed by atoms with E-state index in [-0.39, 0.29) is 6.04 Å². The van der Waals surface area contributed by atoms with E-state index in [4.69, 9.17) is 16.3 Å². The van der Waals surface area contributed by atoms with Crippen LogP contribution in [-0.2, 0) is 16.6 Å². The molecule has 2 aliphatic heterocycles. The van der Waals surface area contributed by atoms with Crippen molar-refractivity contribution >= 4 is 43.2 Å². The van der Waals surface area contributed by atoms with Crippen molar-refractivity contribution in [3.05, 3.63) is 53.1 Å². The summed E-state index contributed by atoms with van der Waals surface area (Å²) >= 11 is 7.50. The Hall–Kier alpha value is -1.71. The molecule has 9 heteroatoms. The van der Waals surface area contributed by atoms with Crippen LogP contribution >= 0.6 is 22.9 Å². The molecule has 152 valence electrons. The van der Waals surface area contributed by atoms with Gasteiger partial charge in [0, 0.05) is 36.7 Å². The number of nitrogens with zero attached hydrogens (tertiary/aromatic N) is 3. The van der Waals surface area contributed by atoms with Gasteiger partial charge in [0.25, 0.3) is 5.19 Å². The van der Waals surface area contributed by atoms with Gasteiger partial charge in [-0.2, -0.15) is 4.31 Å². The first-order chi connectivity index (χ1) is 13.8. The lowest BCUT2D eigenvalue weighted by Crippen LogP contribution is -2.47. The van der Waals surface area contributed by atoms with Gasteiger partial charge in [0.15, 0.2) is 0 Å². The minimum atomic E-state index is -3.10. The van der Waals surface area contributed by atoms with Crippen LogP contribution in [0, 0.1) is 0 Å². The summed E-state index contributed by atoms with van der Waals surface area (Å²) in [6.07, 6.45) is 2.23. The van der Waals surface area contributed by atoms with Gasteiger partial charge < -0.3 is 4.74 Å². The summed E-state index contributed by atoms with van der Waals surface area (Å²) in [5, 5.41) is 1.25. The molecular weight excluding hydrogens is 430 g/mol. The highest BCUT2D eigenvalue weighted by atomic mass is 35.5. The van der Waals surface area contributed by atoms with Crippen LogP contribution in [0.3, 0.4) is 0 Å². The third kappa shape index (κ3) is 3.87. The molecule has 0 radical (unpaired) electrons. The fourth-order valence-corrected chi connectivity index (χ4v) is 6.35. The van der Waals surface area contributed by atoms with Crippen molar-refractivity contribution in [3.63, 3.8) is 0 Å². The lowest BCUT2D eigenvalue weighted by molar-refractivity contribution is 0.175. The number of thiazole rings is 1. The second-order valence-electron chi connectivity index (χ2n) is 7.64. The molecule has 0 aliphatic carbocycles. The highest BCUT2D eigenvalue weighted by Gasteiger charge is 2.46. The number of fused-ring (bicyclic) bond motifs is 3. The summed E-state index contributed by atoms with van der Waals surface area (Å²) in [6, 6.07) is 14.1. The highest BCUT2D eigenvalue weighted by molar-refractivity contribution is 7.88. The van der Waals surface area contributed by atoms with Crippen LogP contribution in [-0.4, -0.2) is 54.0 Å². The first-order valence-corrected chi connectivity index (χ1v) is 12.4. The van der Waals surface area contributed by atoms with Crippen LogP contribution in [0.25, 0.3) is 10.2 Å². The summed E-state index contributed by atoms with van der Waals surface area (Å²) in [6.45, 7) is 2.22. The van der Waals surface area contributed by atoms with Gasteiger partial charge in [0.2, 0.25) is 10.0 Å². The van der Waals surface area contributed by atoms with E-state index in [0.29, 0.717) is 22.8 Å². The zero-order valence-corrected chi connectivity index (χ0v) is 18.2. The number of likely N-dealkylation sites (tertiary alicyclic amines) is 1. The molecule has 3 aromatic rings.